The van der Waals surface area contributed by atoms with Crippen molar-refractivity contribution in [3.8, 4) is 17.2 Å². The van der Waals surface area contributed by atoms with E-state index in [2.05, 4.69) is 25.6 Å². The second-order valence-corrected chi connectivity index (χ2v) is 4.41. The summed E-state index contributed by atoms with van der Waals surface area (Å²) in [5, 5.41) is 28.3. The van der Waals surface area contributed by atoms with E-state index in [9.17, 15) is 5.11 Å². The number of fused-ring (bicyclic) bond motifs is 1. The van der Waals surface area contributed by atoms with Gasteiger partial charge >= 0.3 is 0 Å². The molecule has 3 rings (SSSR count). The summed E-state index contributed by atoms with van der Waals surface area (Å²) in [4.78, 5) is 0. The van der Waals surface area contributed by atoms with Gasteiger partial charge in [-0.05, 0) is 18.2 Å². The lowest BCUT2D eigenvalue weighted by molar-refractivity contribution is 0.387. The number of methoxy groups -OCH3 is 2. The van der Waals surface area contributed by atoms with Gasteiger partial charge in [0.05, 0.1) is 25.4 Å². The topological polar surface area (TPSA) is 105 Å². The zero-order valence-electron chi connectivity index (χ0n) is 11.9. The van der Waals surface area contributed by atoms with Crippen LogP contribution in [0.25, 0.3) is 11.0 Å². The van der Waals surface area contributed by atoms with Crippen LogP contribution >= 0.6 is 0 Å². The van der Waals surface area contributed by atoms with Crippen LogP contribution in [0.3, 0.4) is 0 Å². The molecule has 8 heteroatoms. The molecular formula is C14H13N5O3. The predicted octanol–water partition coefficient (Wildman–Crippen LogP) is 3.10. The van der Waals surface area contributed by atoms with E-state index >= 15 is 0 Å². The van der Waals surface area contributed by atoms with Gasteiger partial charge in [-0.2, -0.15) is 5.11 Å². The van der Waals surface area contributed by atoms with Crippen molar-refractivity contribution in [2.75, 3.05) is 14.2 Å². The number of H-pyrrole nitrogens is 1. The lowest BCUT2D eigenvalue weighted by Crippen LogP contribution is -1.88. The van der Waals surface area contributed by atoms with Gasteiger partial charge in [-0.15, -0.1) is 10.2 Å². The molecule has 0 aliphatic carbocycles. The number of phenols is 1. The van der Waals surface area contributed by atoms with Crippen LogP contribution in [0.4, 0.5) is 11.4 Å². The number of azo groups is 1. The number of benzene rings is 2. The highest BCUT2D eigenvalue weighted by Crippen LogP contribution is 2.41. The quantitative estimate of drug-likeness (QED) is 0.720. The maximum absolute atomic E-state index is 9.61. The Bertz CT molecular complexity index is 818. The number of phenolic OH excluding ortho intramolecular Hbond substituents is 1. The maximum atomic E-state index is 9.61. The summed E-state index contributed by atoms with van der Waals surface area (Å²) in [5.74, 6) is 0.757. The van der Waals surface area contributed by atoms with Crippen molar-refractivity contribution in [3.63, 3.8) is 0 Å². The lowest BCUT2D eigenvalue weighted by Gasteiger charge is -2.09. The molecule has 1 aromatic heterocycles. The van der Waals surface area contributed by atoms with Crippen LogP contribution in [-0.4, -0.2) is 34.7 Å². The number of aromatic amines is 1. The Morgan fingerprint density at radius 1 is 1.05 bits per heavy atom. The summed E-state index contributed by atoms with van der Waals surface area (Å²) >= 11 is 0. The molecule has 0 saturated heterocycles. The third-order valence-corrected chi connectivity index (χ3v) is 3.04. The minimum atomic E-state index is 0.0256. The Kier molecular flexibility index (Phi) is 3.57. The number of nitrogens with zero attached hydrogens (tertiary/aromatic N) is 4. The lowest BCUT2D eigenvalue weighted by atomic mass is 10.2. The van der Waals surface area contributed by atoms with E-state index < -0.39 is 0 Å². The molecule has 112 valence electrons. The summed E-state index contributed by atoms with van der Waals surface area (Å²) in [7, 11) is 2.96. The fraction of sp³-hybridized carbons (Fsp3) is 0.143. The van der Waals surface area contributed by atoms with Crippen molar-refractivity contribution >= 4 is 22.4 Å². The van der Waals surface area contributed by atoms with Crippen molar-refractivity contribution < 1.29 is 14.6 Å². The number of hydrogen-bond donors (Lipinski definition) is 2. The fourth-order valence-corrected chi connectivity index (χ4v) is 1.98. The monoisotopic (exact) mass is 299 g/mol. The van der Waals surface area contributed by atoms with Crippen molar-refractivity contribution in [3.05, 3.63) is 30.3 Å². The third-order valence-electron chi connectivity index (χ3n) is 3.04. The van der Waals surface area contributed by atoms with Crippen molar-refractivity contribution in [2.45, 2.75) is 0 Å². The number of hydrogen-bond acceptors (Lipinski definition) is 7. The zero-order valence-corrected chi connectivity index (χ0v) is 11.9. The molecule has 0 saturated carbocycles. The first-order valence-electron chi connectivity index (χ1n) is 6.39. The Morgan fingerprint density at radius 3 is 2.45 bits per heavy atom. The molecule has 0 atom stereocenters. The van der Waals surface area contributed by atoms with E-state index in [0.717, 1.165) is 11.0 Å². The first-order chi connectivity index (χ1) is 10.7. The molecule has 0 aliphatic rings. The molecule has 0 bridgehead atoms. The fourth-order valence-electron chi connectivity index (χ4n) is 1.98. The Morgan fingerprint density at radius 2 is 1.77 bits per heavy atom. The minimum Gasteiger partial charge on any atom is -0.508 e. The summed E-state index contributed by atoms with van der Waals surface area (Å²) in [6.45, 7) is 0. The van der Waals surface area contributed by atoms with Gasteiger partial charge < -0.3 is 14.6 Å². The van der Waals surface area contributed by atoms with Crippen LogP contribution in [0, 0.1) is 0 Å². The molecule has 1 heterocycles. The summed E-state index contributed by atoms with van der Waals surface area (Å²) < 4.78 is 10.4. The average molecular weight is 299 g/mol. The van der Waals surface area contributed by atoms with Crippen LogP contribution in [-0.2, 0) is 0 Å². The van der Waals surface area contributed by atoms with Gasteiger partial charge in [-0.3, -0.25) is 5.10 Å². The van der Waals surface area contributed by atoms with Gasteiger partial charge in [-0.25, -0.2) is 0 Å². The van der Waals surface area contributed by atoms with Gasteiger partial charge in [-0.1, -0.05) is 5.21 Å². The van der Waals surface area contributed by atoms with Crippen LogP contribution in [0.15, 0.2) is 40.6 Å². The highest BCUT2D eigenvalue weighted by atomic mass is 16.5. The van der Waals surface area contributed by atoms with Crippen molar-refractivity contribution in [2.24, 2.45) is 10.2 Å². The molecule has 2 aromatic carbocycles. The van der Waals surface area contributed by atoms with Crippen molar-refractivity contribution in [1.29, 1.82) is 0 Å². The standard InChI is InChI=1S/C14H13N5O3/c1-21-12-6-9(20)7-13(22-2)14(12)18-15-8-3-4-10-11(5-8)17-19-16-10/h3-7,20H,1-2H3,(H,16,17,19)/b18-15+. The zero-order chi connectivity index (χ0) is 15.5. The Labute approximate surface area is 125 Å². The second-order valence-electron chi connectivity index (χ2n) is 4.41. The molecule has 0 radical (unpaired) electrons. The highest BCUT2D eigenvalue weighted by molar-refractivity contribution is 5.77. The first kappa shape index (κ1) is 13.8. The SMILES string of the molecule is COc1cc(O)cc(OC)c1/N=N/c1ccc2nn[nH]c2c1. The number of rotatable bonds is 4. The minimum absolute atomic E-state index is 0.0256. The van der Waals surface area contributed by atoms with Crippen LogP contribution in [0.5, 0.6) is 17.2 Å². The molecule has 0 unspecified atom stereocenters. The first-order valence-corrected chi connectivity index (χ1v) is 6.39. The molecule has 2 N–H and O–H groups in total. The summed E-state index contributed by atoms with van der Waals surface area (Å²) in [6.07, 6.45) is 0. The summed E-state index contributed by atoms with van der Waals surface area (Å²) in [5.41, 5.74) is 2.53. The van der Waals surface area contributed by atoms with E-state index in [1.807, 2.05) is 0 Å². The number of ether oxygens (including phenoxy) is 2. The van der Waals surface area contributed by atoms with E-state index in [1.165, 1.54) is 26.4 Å². The van der Waals surface area contributed by atoms with Gasteiger partial charge in [0, 0.05) is 12.1 Å². The van der Waals surface area contributed by atoms with Gasteiger partial charge in [0.15, 0.2) is 17.2 Å². The molecule has 0 fully saturated rings. The third kappa shape index (κ3) is 2.53. The van der Waals surface area contributed by atoms with Gasteiger partial charge in [0.25, 0.3) is 0 Å². The Hall–Kier alpha value is -3.16. The van der Waals surface area contributed by atoms with E-state index in [1.54, 1.807) is 18.2 Å². The van der Waals surface area contributed by atoms with Crippen LogP contribution in [0.1, 0.15) is 0 Å². The summed E-state index contributed by atoms with van der Waals surface area (Å²) in [6, 6.07) is 8.22. The predicted molar refractivity (Wildman–Crippen MR) is 79.3 cm³/mol. The molecule has 0 aliphatic heterocycles. The van der Waals surface area contributed by atoms with E-state index in [0.29, 0.717) is 22.9 Å². The highest BCUT2D eigenvalue weighted by Gasteiger charge is 2.12. The molecule has 8 nitrogen and oxygen atoms in total. The normalized spacial score (nSPS) is 11.2. The number of aromatic hydroxyl groups is 1. The largest absolute Gasteiger partial charge is 0.508 e. The Balaban J connectivity index is 2.00. The van der Waals surface area contributed by atoms with Crippen molar-refractivity contribution in [1.82, 2.24) is 15.4 Å². The van der Waals surface area contributed by atoms with E-state index in [-0.39, 0.29) is 5.75 Å². The van der Waals surface area contributed by atoms with Crippen LogP contribution in [0.2, 0.25) is 0 Å². The van der Waals surface area contributed by atoms with Gasteiger partial charge in [0.2, 0.25) is 0 Å². The molecule has 0 spiro atoms. The van der Waals surface area contributed by atoms with Gasteiger partial charge in [0.1, 0.15) is 11.3 Å². The van der Waals surface area contributed by atoms with E-state index in [4.69, 9.17) is 9.47 Å². The van der Waals surface area contributed by atoms with Crippen LogP contribution < -0.4 is 9.47 Å². The smallest absolute Gasteiger partial charge is 0.170 e. The second kappa shape index (κ2) is 5.68. The molecule has 0 amide bonds. The number of nitrogens with one attached hydrogen (secondary N) is 1. The molecule has 22 heavy (non-hydrogen) atoms. The maximum Gasteiger partial charge on any atom is 0.170 e. The number of aromatic nitrogens is 3. The molecular weight excluding hydrogens is 286 g/mol. The average Bonchev–Trinajstić information content (AvgIpc) is 3.00. The molecule has 3 aromatic rings.